The first kappa shape index (κ1) is 21.1. The quantitative estimate of drug-likeness (QED) is 0.502. The van der Waals surface area contributed by atoms with E-state index in [1.54, 1.807) is 0 Å². The number of aromatic nitrogens is 5. The molecule has 0 atom stereocenters. The number of benzene rings is 1. The van der Waals surface area contributed by atoms with Gasteiger partial charge in [-0.15, -0.1) is 5.10 Å². The van der Waals surface area contributed by atoms with Crippen LogP contribution in [0.3, 0.4) is 0 Å². The largest absolute Gasteiger partial charge is 0.393 e. The van der Waals surface area contributed by atoms with Crippen LogP contribution in [-0.4, -0.2) is 75.0 Å². The molecule has 0 aliphatic carbocycles. The molecule has 176 valence electrons. The van der Waals surface area contributed by atoms with Crippen molar-refractivity contribution in [1.29, 1.82) is 0 Å². The van der Waals surface area contributed by atoms with Crippen molar-refractivity contribution in [2.75, 3.05) is 49.2 Å². The minimum atomic E-state index is -0.215. The highest BCUT2D eigenvalue weighted by Gasteiger charge is 2.23. The molecule has 4 aromatic rings. The summed E-state index contributed by atoms with van der Waals surface area (Å²) in [6.45, 7) is 4.64. The lowest BCUT2D eigenvalue weighted by atomic mass is 10.1. The SMILES string of the molecule is Cn1ccc(-c2cccc(-c3cc(N4CCOCC4)n4nc(N5CCC(O)CC5)cc4n3)c2)n1. The van der Waals surface area contributed by atoms with Crippen molar-refractivity contribution in [1.82, 2.24) is 24.4 Å². The van der Waals surface area contributed by atoms with E-state index >= 15 is 0 Å². The van der Waals surface area contributed by atoms with Crippen LogP contribution in [0, 0.1) is 0 Å². The summed E-state index contributed by atoms with van der Waals surface area (Å²) in [5.41, 5.74) is 4.78. The van der Waals surface area contributed by atoms with Gasteiger partial charge in [0.2, 0.25) is 0 Å². The van der Waals surface area contributed by atoms with Crippen LogP contribution in [0.15, 0.2) is 48.7 Å². The smallest absolute Gasteiger partial charge is 0.160 e. The van der Waals surface area contributed by atoms with Gasteiger partial charge in [0.15, 0.2) is 11.5 Å². The summed E-state index contributed by atoms with van der Waals surface area (Å²) in [6, 6.07) is 14.6. The summed E-state index contributed by atoms with van der Waals surface area (Å²) < 4.78 is 9.37. The molecule has 0 saturated carbocycles. The van der Waals surface area contributed by atoms with Gasteiger partial charge in [-0.05, 0) is 25.0 Å². The summed E-state index contributed by atoms with van der Waals surface area (Å²) in [4.78, 5) is 9.57. The lowest BCUT2D eigenvalue weighted by Gasteiger charge is -2.30. The number of hydrogen-bond donors (Lipinski definition) is 1. The Balaban J connectivity index is 1.43. The Hall–Kier alpha value is -3.43. The number of hydrogen-bond acceptors (Lipinski definition) is 7. The van der Waals surface area contributed by atoms with Gasteiger partial charge < -0.3 is 19.6 Å². The van der Waals surface area contributed by atoms with Crippen molar-refractivity contribution in [2.45, 2.75) is 18.9 Å². The van der Waals surface area contributed by atoms with Gasteiger partial charge >= 0.3 is 0 Å². The van der Waals surface area contributed by atoms with E-state index in [4.69, 9.17) is 14.8 Å². The van der Waals surface area contributed by atoms with Crippen molar-refractivity contribution in [3.63, 3.8) is 0 Å². The fourth-order valence-electron chi connectivity index (χ4n) is 4.77. The zero-order chi connectivity index (χ0) is 23.1. The Kier molecular flexibility index (Phi) is 5.43. The van der Waals surface area contributed by atoms with Crippen molar-refractivity contribution >= 4 is 17.3 Å². The number of aliphatic hydroxyl groups is 1. The minimum Gasteiger partial charge on any atom is -0.393 e. The molecule has 6 rings (SSSR count). The zero-order valence-electron chi connectivity index (χ0n) is 19.3. The van der Waals surface area contributed by atoms with Crippen LogP contribution >= 0.6 is 0 Å². The molecular formula is C25H29N7O2. The maximum Gasteiger partial charge on any atom is 0.160 e. The van der Waals surface area contributed by atoms with Crippen LogP contribution < -0.4 is 9.80 Å². The van der Waals surface area contributed by atoms with Gasteiger partial charge in [0.05, 0.1) is 30.7 Å². The van der Waals surface area contributed by atoms with E-state index in [-0.39, 0.29) is 6.10 Å². The molecule has 0 unspecified atom stereocenters. The van der Waals surface area contributed by atoms with E-state index in [1.165, 1.54) is 0 Å². The number of aryl methyl sites for hydroxylation is 1. The molecule has 1 aromatic carbocycles. The van der Waals surface area contributed by atoms with Crippen molar-refractivity contribution in [3.8, 4) is 22.5 Å². The Morgan fingerprint density at radius 1 is 0.882 bits per heavy atom. The number of fused-ring (bicyclic) bond motifs is 1. The highest BCUT2D eigenvalue weighted by Crippen LogP contribution is 2.30. The fraction of sp³-hybridized carbons (Fsp3) is 0.400. The first-order valence-electron chi connectivity index (χ1n) is 11.9. The normalized spacial score (nSPS) is 17.6. The van der Waals surface area contributed by atoms with E-state index in [1.807, 2.05) is 28.5 Å². The average Bonchev–Trinajstić information content (AvgIpc) is 3.51. The molecule has 2 aliphatic heterocycles. The monoisotopic (exact) mass is 459 g/mol. The average molecular weight is 460 g/mol. The number of rotatable bonds is 4. The summed E-state index contributed by atoms with van der Waals surface area (Å²) in [5.74, 6) is 1.93. The van der Waals surface area contributed by atoms with Gasteiger partial charge in [-0.1, -0.05) is 18.2 Å². The Labute approximate surface area is 198 Å². The lowest BCUT2D eigenvalue weighted by molar-refractivity contribution is 0.122. The highest BCUT2D eigenvalue weighted by molar-refractivity contribution is 5.73. The maximum atomic E-state index is 9.91. The first-order valence-corrected chi connectivity index (χ1v) is 11.9. The van der Waals surface area contributed by atoms with Crippen LogP contribution in [0.4, 0.5) is 11.6 Å². The van der Waals surface area contributed by atoms with Crippen LogP contribution in [0.25, 0.3) is 28.2 Å². The number of nitrogens with zero attached hydrogens (tertiary/aromatic N) is 7. The van der Waals surface area contributed by atoms with Gasteiger partial charge in [0.1, 0.15) is 5.82 Å². The number of anilines is 2. The predicted octanol–water partition coefficient (Wildman–Crippen LogP) is 2.59. The molecule has 5 heterocycles. The topological polar surface area (TPSA) is 84.0 Å². The third-order valence-electron chi connectivity index (χ3n) is 6.69. The van der Waals surface area contributed by atoms with E-state index in [0.717, 1.165) is 78.8 Å². The van der Waals surface area contributed by atoms with Crippen LogP contribution in [0.1, 0.15) is 12.8 Å². The minimum absolute atomic E-state index is 0.215. The zero-order valence-corrected chi connectivity index (χ0v) is 19.3. The predicted molar refractivity (Wildman–Crippen MR) is 131 cm³/mol. The summed E-state index contributed by atoms with van der Waals surface area (Å²) in [6.07, 6.45) is 3.27. The van der Waals surface area contributed by atoms with E-state index in [0.29, 0.717) is 13.2 Å². The second-order valence-electron chi connectivity index (χ2n) is 9.05. The summed E-state index contributed by atoms with van der Waals surface area (Å²) in [5, 5.41) is 19.4. The Morgan fingerprint density at radius 3 is 2.38 bits per heavy atom. The van der Waals surface area contributed by atoms with Crippen LogP contribution in [0.2, 0.25) is 0 Å². The third-order valence-corrected chi connectivity index (χ3v) is 6.69. The molecule has 2 fully saturated rings. The van der Waals surface area contributed by atoms with Gasteiger partial charge in [-0.25, -0.2) is 4.98 Å². The fourth-order valence-corrected chi connectivity index (χ4v) is 4.77. The first-order chi connectivity index (χ1) is 16.6. The Bertz CT molecular complexity index is 1300. The molecule has 0 amide bonds. The van der Waals surface area contributed by atoms with Crippen LogP contribution in [-0.2, 0) is 11.8 Å². The molecule has 1 N–H and O–H groups in total. The molecule has 34 heavy (non-hydrogen) atoms. The van der Waals surface area contributed by atoms with E-state index < -0.39 is 0 Å². The number of aliphatic hydroxyl groups excluding tert-OH is 1. The molecule has 2 aliphatic rings. The standard InChI is InChI=1S/C25H29N7O2/c1-29-8-7-21(27-29)18-3-2-4-19(15-18)22-16-25(31-11-13-34-14-12-31)32-23(26-22)17-24(28-32)30-9-5-20(33)6-10-30/h2-4,7-8,15-17,20,33H,5-6,9-14H2,1H3. The molecular weight excluding hydrogens is 430 g/mol. The van der Waals surface area contributed by atoms with Crippen molar-refractivity contribution in [3.05, 3.63) is 48.7 Å². The molecule has 0 radical (unpaired) electrons. The van der Waals surface area contributed by atoms with E-state index in [2.05, 4.69) is 51.3 Å². The summed E-state index contributed by atoms with van der Waals surface area (Å²) >= 11 is 0. The second kappa shape index (κ2) is 8.73. The van der Waals surface area contributed by atoms with Crippen molar-refractivity contribution in [2.24, 2.45) is 7.05 Å². The molecule has 2 saturated heterocycles. The van der Waals surface area contributed by atoms with Gasteiger partial charge in [-0.2, -0.15) is 9.61 Å². The van der Waals surface area contributed by atoms with Gasteiger partial charge in [0, 0.05) is 62.7 Å². The van der Waals surface area contributed by atoms with Gasteiger partial charge in [0.25, 0.3) is 0 Å². The number of morpholine rings is 1. The van der Waals surface area contributed by atoms with Gasteiger partial charge in [-0.3, -0.25) is 4.68 Å². The van der Waals surface area contributed by atoms with Crippen molar-refractivity contribution < 1.29 is 9.84 Å². The number of ether oxygens (including phenoxy) is 1. The molecule has 3 aromatic heterocycles. The molecule has 9 heteroatoms. The number of piperidine rings is 1. The highest BCUT2D eigenvalue weighted by atomic mass is 16.5. The van der Waals surface area contributed by atoms with Crippen LogP contribution in [0.5, 0.6) is 0 Å². The third kappa shape index (κ3) is 4.01. The Morgan fingerprint density at radius 2 is 1.65 bits per heavy atom. The van der Waals surface area contributed by atoms with E-state index in [9.17, 15) is 5.11 Å². The molecule has 0 spiro atoms. The lowest BCUT2D eigenvalue weighted by Crippen LogP contribution is -2.37. The molecule has 9 nitrogen and oxygen atoms in total. The second-order valence-corrected chi connectivity index (χ2v) is 9.05. The molecule has 0 bridgehead atoms. The summed E-state index contributed by atoms with van der Waals surface area (Å²) in [7, 11) is 1.93. The maximum absolute atomic E-state index is 9.91.